The summed E-state index contributed by atoms with van der Waals surface area (Å²) in [4.78, 5) is 11.6. The normalized spacial score (nSPS) is 50.0. The number of nitrogens with one attached hydrogen (secondary N) is 1. The third kappa shape index (κ3) is 5.97. The lowest BCUT2D eigenvalue weighted by Gasteiger charge is -2.48. The molecular weight excluding hydrogens is 494 g/mol. The van der Waals surface area contributed by atoms with Gasteiger partial charge in [0, 0.05) is 6.92 Å². The molecule has 0 saturated carbocycles. The quantitative estimate of drug-likeness (QED) is 0.147. The summed E-state index contributed by atoms with van der Waals surface area (Å²) in [5.74, 6) is -0.608. The van der Waals surface area contributed by atoms with Gasteiger partial charge in [-0.1, -0.05) is 0 Å². The lowest BCUT2D eigenvalue weighted by Crippen LogP contribution is -2.68. The van der Waals surface area contributed by atoms with Gasteiger partial charge in [-0.3, -0.25) is 4.79 Å². The van der Waals surface area contributed by atoms with Crippen molar-refractivity contribution in [2.45, 2.75) is 106 Å². The summed E-state index contributed by atoms with van der Waals surface area (Å²) in [6.07, 6.45) is -21.9. The molecule has 16 nitrogen and oxygen atoms in total. The summed E-state index contributed by atoms with van der Waals surface area (Å²) in [5.41, 5.74) is 0. The molecule has 0 spiro atoms. The Hall–Kier alpha value is -1.09. The van der Waals surface area contributed by atoms with Crippen LogP contribution in [0.1, 0.15) is 13.8 Å². The van der Waals surface area contributed by atoms with Gasteiger partial charge in [-0.2, -0.15) is 0 Å². The second-order valence-electron chi connectivity index (χ2n) is 9.05. The number of ether oxygens (including phenoxy) is 5. The molecule has 15 atom stereocenters. The molecule has 3 saturated heterocycles. The maximum Gasteiger partial charge on any atom is 0.217 e. The van der Waals surface area contributed by atoms with E-state index in [1.807, 2.05) is 0 Å². The van der Waals surface area contributed by atoms with E-state index in [0.717, 1.165) is 6.92 Å². The molecule has 3 rings (SSSR count). The van der Waals surface area contributed by atoms with Gasteiger partial charge in [0.25, 0.3) is 0 Å². The summed E-state index contributed by atoms with van der Waals surface area (Å²) >= 11 is 0. The zero-order valence-corrected chi connectivity index (χ0v) is 19.5. The van der Waals surface area contributed by atoms with Crippen LogP contribution in [0.25, 0.3) is 0 Å². The lowest BCUT2D eigenvalue weighted by atomic mass is 9.95. The van der Waals surface area contributed by atoms with Crippen molar-refractivity contribution in [1.29, 1.82) is 0 Å². The van der Waals surface area contributed by atoms with E-state index in [0.29, 0.717) is 0 Å². The van der Waals surface area contributed by atoms with Gasteiger partial charge in [0.05, 0.1) is 19.3 Å². The first-order valence-electron chi connectivity index (χ1n) is 11.4. The number of carbonyl (C=O) groups is 1. The van der Waals surface area contributed by atoms with Crippen molar-refractivity contribution in [3.63, 3.8) is 0 Å². The van der Waals surface area contributed by atoms with Crippen molar-refractivity contribution in [1.82, 2.24) is 5.32 Å². The molecule has 1 amide bonds. The fraction of sp³-hybridized carbons (Fsp3) is 0.950. The van der Waals surface area contributed by atoms with Crippen LogP contribution in [0.15, 0.2) is 0 Å². The van der Waals surface area contributed by atoms with Crippen LogP contribution >= 0.6 is 0 Å². The first kappa shape index (κ1) is 29.5. The molecule has 3 aliphatic rings. The van der Waals surface area contributed by atoms with Gasteiger partial charge < -0.3 is 75.0 Å². The van der Waals surface area contributed by atoms with Crippen LogP contribution in [0, 0.1) is 0 Å². The Morgan fingerprint density at radius 2 is 1.28 bits per heavy atom. The second-order valence-corrected chi connectivity index (χ2v) is 9.05. The smallest absolute Gasteiger partial charge is 0.217 e. The Morgan fingerprint density at radius 1 is 0.722 bits per heavy atom. The van der Waals surface area contributed by atoms with E-state index in [9.17, 15) is 50.8 Å². The van der Waals surface area contributed by atoms with Crippen molar-refractivity contribution >= 4 is 5.91 Å². The summed E-state index contributed by atoms with van der Waals surface area (Å²) in [7, 11) is 0. The predicted molar refractivity (Wildman–Crippen MR) is 111 cm³/mol. The second kappa shape index (κ2) is 12.2. The fourth-order valence-electron chi connectivity index (χ4n) is 4.39. The van der Waals surface area contributed by atoms with Crippen molar-refractivity contribution < 1.29 is 74.4 Å². The van der Waals surface area contributed by atoms with Crippen LogP contribution in [-0.2, 0) is 28.5 Å². The Morgan fingerprint density at radius 3 is 1.86 bits per heavy atom. The third-order valence-electron chi connectivity index (χ3n) is 6.46. The molecule has 0 unspecified atom stereocenters. The highest BCUT2D eigenvalue weighted by molar-refractivity contribution is 5.73. The molecule has 0 aromatic rings. The fourth-order valence-corrected chi connectivity index (χ4v) is 4.39. The summed E-state index contributed by atoms with van der Waals surface area (Å²) in [6.45, 7) is 1.10. The zero-order valence-electron chi connectivity index (χ0n) is 19.5. The van der Waals surface area contributed by atoms with Gasteiger partial charge in [0.15, 0.2) is 18.9 Å². The van der Waals surface area contributed by atoms with E-state index in [1.165, 1.54) is 6.92 Å². The third-order valence-corrected chi connectivity index (χ3v) is 6.46. The van der Waals surface area contributed by atoms with Crippen molar-refractivity contribution in [3.8, 4) is 0 Å². The molecule has 36 heavy (non-hydrogen) atoms. The lowest BCUT2D eigenvalue weighted by molar-refractivity contribution is -0.370. The van der Waals surface area contributed by atoms with E-state index in [2.05, 4.69) is 5.32 Å². The minimum atomic E-state index is -1.82. The van der Waals surface area contributed by atoms with Crippen LogP contribution in [0.4, 0.5) is 0 Å². The number of aliphatic hydroxyl groups excluding tert-OH is 9. The number of hydrogen-bond acceptors (Lipinski definition) is 15. The largest absolute Gasteiger partial charge is 0.394 e. The molecular formula is C20H35NO15. The molecule has 0 radical (unpaired) electrons. The first-order chi connectivity index (χ1) is 16.9. The number of hydrogen-bond donors (Lipinski definition) is 10. The summed E-state index contributed by atoms with van der Waals surface area (Å²) in [5, 5.41) is 93.7. The SMILES string of the molecule is CC(=O)N[C@@H]1[C@@H](O[C@@H]2O[C@@H](C)[C@H](O)[C@@H](O[C@H]3O[C@H](CO)[C@@H](O)[C@H](O)[C@H]3O)[C@H]2O)[C@H](O)[C@@H](CO)O[C@@H]1O. The molecule has 10 N–H and O–H groups in total. The molecule has 210 valence electrons. The molecule has 3 fully saturated rings. The van der Waals surface area contributed by atoms with Crippen LogP contribution in [0.2, 0.25) is 0 Å². The van der Waals surface area contributed by atoms with Gasteiger partial charge >= 0.3 is 0 Å². The van der Waals surface area contributed by atoms with Crippen molar-refractivity contribution in [2.75, 3.05) is 13.2 Å². The van der Waals surface area contributed by atoms with Crippen LogP contribution in [0.5, 0.6) is 0 Å². The Bertz CT molecular complexity index is 729. The molecule has 0 aromatic heterocycles. The van der Waals surface area contributed by atoms with Gasteiger partial charge in [-0.15, -0.1) is 0 Å². The maximum absolute atomic E-state index is 11.6. The Kier molecular flexibility index (Phi) is 9.97. The molecule has 0 aromatic carbocycles. The number of amides is 1. The number of carbonyl (C=O) groups excluding carboxylic acids is 1. The van der Waals surface area contributed by atoms with E-state index >= 15 is 0 Å². The van der Waals surface area contributed by atoms with Gasteiger partial charge in [0.2, 0.25) is 5.91 Å². The van der Waals surface area contributed by atoms with Crippen LogP contribution in [-0.4, -0.2) is 157 Å². The van der Waals surface area contributed by atoms with E-state index in [1.54, 1.807) is 0 Å². The number of rotatable bonds is 7. The van der Waals surface area contributed by atoms with Crippen molar-refractivity contribution in [2.24, 2.45) is 0 Å². The number of aliphatic hydroxyl groups is 9. The molecule has 3 aliphatic heterocycles. The maximum atomic E-state index is 11.6. The predicted octanol–water partition coefficient (Wildman–Crippen LogP) is -6.40. The van der Waals surface area contributed by atoms with Crippen LogP contribution in [0.3, 0.4) is 0 Å². The van der Waals surface area contributed by atoms with E-state index < -0.39 is 111 Å². The highest BCUT2D eigenvalue weighted by Gasteiger charge is 2.53. The summed E-state index contributed by atoms with van der Waals surface area (Å²) < 4.78 is 27.1. The molecule has 0 bridgehead atoms. The van der Waals surface area contributed by atoms with Crippen LogP contribution < -0.4 is 5.32 Å². The highest BCUT2D eigenvalue weighted by Crippen LogP contribution is 2.32. The minimum absolute atomic E-state index is 0.608. The first-order valence-corrected chi connectivity index (χ1v) is 11.4. The highest BCUT2D eigenvalue weighted by atomic mass is 16.7. The summed E-state index contributed by atoms with van der Waals surface area (Å²) in [6, 6.07) is -1.34. The van der Waals surface area contributed by atoms with Gasteiger partial charge in [-0.25, -0.2) is 0 Å². The van der Waals surface area contributed by atoms with E-state index in [-0.39, 0.29) is 0 Å². The molecule has 3 heterocycles. The Labute approximate surface area is 205 Å². The van der Waals surface area contributed by atoms with E-state index in [4.69, 9.17) is 23.7 Å². The van der Waals surface area contributed by atoms with Crippen molar-refractivity contribution in [3.05, 3.63) is 0 Å². The minimum Gasteiger partial charge on any atom is -0.394 e. The zero-order chi connectivity index (χ0) is 26.9. The monoisotopic (exact) mass is 529 g/mol. The topological polar surface area (TPSA) is 257 Å². The molecule has 16 heteroatoms. The average Bonchev–Trinajstić information content (AvgIpc) is 2.83. The van der Waals surface area contributed by atoms with Gasteiger partial charge in [0.1, 0.15) is 67.1 Å². The molecule has 0 aliphatic carbocycles. The Balaban J connectivity index is 1.80. The van der Waals surface area contributed by atoms with Gasteiger partial charge in [-0.05, 0) is 6.92 Å². The standard InChI is InChI=1S/C20H35NO15/c1-5-10(25)17(36-19-14(29)13(28)11(26)7(3-22)34-19)15(30)20(32-5)35-16-9(21-6(2)24)18(31)33-8(4-23)12(16)27/h5,7-20,22-23,25-31H,3-4H2,1-2H3,(H,21,24)/t5-,7+,8+,9+,10-,11+,12+,13-,14+,15+,16+,17+,18-,19+,20-/m0/s1. The average molecular weight is 529 g/mol.